The van der Waals surface area contributed by atoms with E-state index in [0.717, 1.165) is 31.1 Å². The summed E-state index contributed by atoms with van der Waals surface area (Å²) in [4.78, 5) is 12.6. The molecule has 9 atom stereocenters. The van der Waals surface area contributed by atoms with Gasteiger partial charge in [-0.3, -0.25) is 4.79 Å². The van der Waals surface area contributed by atoms with Crippen molar-refractivity contribution in [2.75, 3.05) is 12.4 Å². The van der Waals surface area contributed by atoms with Crippen LogP contribution in [-0.4, -0.2) is 35.5 Å². The van der Waals surface area contributed by atoms with E-state index in [-0.39, 0.29) is 23.5 Å². The lowest BCUT2D eigenvalue weighted by Crippen LogP contribution is -2.57. The van der Waals surface area contributed by atoms with Gasteiger partial charge in [0.25, 0.3) is 0 Å². The number of methoxy groups -OCH3 is 1. The van der Waals surface area contributed by atoms with Gasteiger partial charge in [-0.15, -0.1) is 0 Å². The molecule has 0 aromatic rings. The zero-order valence-corrected chi connectivity index (χ0v) is 18.1. The quantitative estimate of drug-likeness (QED) is 0.670. The molecular formula is C22H35BrO3. The van der Waals surface area contributed by atoms with Crippen LogP contribution in [-0.2, 0) is 9.53 Å². The summed E-state index contributed by atoms with van der Waals surface area (Å²) in [5, 5.41) is 11.0. The van der Waals surface area contributed by atoms with Gasteiger partial charge >= 0.3 is 0 Å². The third-order valence-corrected chi connectivity index (χ3v) is 10.0. The maximum Gasteiger partial charge on any atom is 0.147 e. The Labute approximate surface area is 166 Å². The summed E-state index contributed by atoms with van der Waals surface area (Å²) in [5.41, 5.74) is 0.506. The van der Waals surface area contributed by atoms with Crippen LogP contribution in [0.5, 0.6) is 0 Å². The van der Waals surface area contributed by atoms with Crippen molar-refractivity contribution in [1.29, 1.82) is 0 Å². The largest absolute Gasteiger partial charge is 0.390 e. The van der Waals surface area contributed by atoms with E-state index in [1.807, 2.05) is 0 Å². The summed E-state index contributed by atoms with van der Waals surface area (Å²) >= 11 is 3.42. The van der Waals surface area contributed by atoms with Crippen molar-refractivity contribution in [1.82, 2.24) is 0 Å². The lowest BCUT2D eigenvalue weighted by Gasteiger charge is -2.61. The molecule has 4 heteroatoms. The average Bonchev–Trinajstić information content (AvgIpc) is 2.98. The second-order valence-electron chi connectivity index (χ2n) is 10.2. The van der Waals surface area contributed by atoms with Gasteiger partial charge < -0.3 is 9.84 Å². The van der Waals surface area contributed by atoms with Gasteiger partial charge in [-0.1, -0.05) is 29.8 Å². The SMILES string of the molecule is CO[C@H]1C[C@@]2(C)[C@@H](CC[C@@H]3[C@@H]2CC[C@]2(C)[C@@H](C(=O)CBr)CC[C@@H]32)C[C@@H]1O. The molecule has 0 heterocycles. The number of Topliss-reactive ketones (excluding diaryl/α,β-unsaturated/α-hetero) is 1. The minimum atomic E-state index is -0.295. The molecule has 26 heavy (non-hydrogen) atoms. The van der Waals surface area contributed by atoms with E-state index in [2.05, 4.69) is 29.8 Å². The van der Waals surface area contributed by atoms with Gasteiger partial charge in [-0.2, -0.15) is 0 Å². The first-order chi connectivity index (χ1) is 12.3. The Morgan fingerprint density at radius 2 is 1.85 bits per heavy atom. The molecule has 0 aromatic carbocycles. The van der Waals surface area contributed by atoms with Gasteiger partial charge in [0.2, 0.25) is 0 Å². The number of carbonyl (C=O) groups excluding carboxylic acids is 1. The van der Waals surface area contributed by atoms with Crippen LogP contribution in [0.25, 0.3) is 0 Å². The van der Waals surface area contributed by atoms with Crippen LogP contribution >= 0.6 is 15.9 Å². The fourth-order valence-electron chi connectivity index (χ4n) is 8.12. The van der Waals surface area contributed by atoms with Crippen molar-refractivity contribution in [3.8, 4) is 0 Å². The van der Waals surface area contributed by atoms with Crippen LogP contribution in [0, 0.1) is 40.4 Å². The van der Waals surface area contributed by atoms with Crippen molar-refractivity contribution in [2.24, 2.45) is 40.4 Å². The minimum absolute atomic E-state index is 0.00499. The standard InChI is InChI=1S/C22H35BrO3/c1-21-9-8-16-14(15(21)6-7-17(21)19(25)12-23)5-4-13-10-18(24)20(26-3)11-22(13,16)2/h13-18,20,24H,4-12H2,1-3H3/t13-,14-,15-,16-,17+,18-,20-,21-,22-/m0/s1. The fourth-order valence-corrected chi connectivity index (χ4v) is 8.51. The van der Waals surface area contributed by atoms with Crippen LogP contribution in [0.4, 0.5) is 0 Å². The van der Waals surface area contributed by atoms with Crippen LogP contribution in [0.1, 0.15) is 65.2 Å². The van der Waals surface area contributed by atoms with Gasteiger partial charge in [0.05, 0.1) is 17.5 Å². The van der Waals surface area contributed by atoms with E-state index in [0.29, 0.717) is 28.4 Å². The summed E-state index contributed by atoms with van der Waals surface area (Å²) in [6.07, 6.45) is 8.93. The Hall–Kier alpha value is 0.0700. The van der Waals surface area contributed by atoms with Crippen molar-refractivity contribution in [2.45, 2.75) is 77.4 Å². The normalized spacial score (nSPS) is 53.5. The van der Waals surface area contributed by atoms with E-state index >= 15 is 0 Å². The molecule has 1 N–H and O–H groups in total. The lowest BCUT2D eigenvalue weighted by atomic mass is 9.44. The molecule has 148 valence electrons. The predicted molar refractivity (Wildman–Crippen MR) is 106 cm³/mol. The van der Waals surface area contributed by atoms with Gasteiger partial charge in [-0.05, 0) is 85.9 Å². The van der Waals surface area contributed by atoms with Gasteiger partial charge in [0.1, 0.15) is 5.78 Å². The maximum absolute atomic E-state index is 12.6. The number of rotatable bonds is 3. The number of hydrogen-bond donors (Lipinski definition) is 1. The molecule has 0 amide bonds. The number of fused-ring (bicyclic) bond motifs is 5. The molecule has 4 aliphatic carbocycles. The number of ketones is 1. The highest BCUT2D eigenvalue weighted by atomic mass is 79.9. The molecule has 0 aliphatic heterocycles. The van der Waals surface area contributed by atoms with Crippen molar-refractivity contribution >= 4 is 21.7 Å². The lowest BCUT2D eigenvalue weighted by molar-refractivity contribution is -0.166. The van der Waals surface area contributed by atoms with Crippen molar-refractivity contribution in [3.63, 3.8) is 0 Å². The molecule has 0 unspecified atom stereocenters. The molecule has 4 rings (SSSR count). The third-order valence-electron chi connectivity index (χ3n) is 9.48. The van der Waals surface area contributed by atoms with Gasteiger partial charge in [-0.25, -0.2) is 0 Å². The summed E-state index contributed by atoms with van der Waals surface area (Å²) in [6, 6.07) is 0. The molecule has 0 aromatic heterocycles. The highest BCUT2D eigenvalue weighted by Gasteiger charge is 2.61. The second-order valence-corrected chi connectivity index (χ2v) is 10.8. The van der Waals surface area contributed by atoms with Crippen LogP contribution in [0.2, 0.25) is 0 Å². The number of halogens is 1. The molecule has 0 spiro atoms. The molecule has 0 bridgehead atoms. The number of aliphatic hydroxyl groups excluding tert-OH is 1. The topological polar surface area (TPSA) is 46.5 Å². The number of carbonyl (C=O) groups is 1. The Bertz CT molecular complexity index is 566. The van der Waals surface area contributed by atoms with Crippen molar-refractivity contribution in [3.05, 3.63) is 0 Å². The minimum Gasteiger partial charge on any atom is -0.390 e. The Morgan fingerprint density at radius 1 is 1.12 bits per heavy atom. The van der Waals surface area contributed by atoms with Gasteiger partial charge in [0, 0.05) is 13.0 Å². The number of alkyl halides is 1. The Kier molecular flexibility index (Phi) is 5.10. The Morgan fingerprint density at radius 3 is 2.54 bits per heavy atom. The van der Waals surface area contributed by atoms with E-state index in [4.69, 9.17) is 4.74 Å². The van der Waals surface area contributed by atoms with E-state index in [1.165, 1.54) is 32.1 Å². The molecule has 4 fully saturated rings. The molecule has 3 nitrogen and oxygen atoms in total. The average molecular weight is 427 g/mol. The number of hydrogen-bond acceptors (Lipinski definition) is 3. The van der Waals surface area contributed by atoms with Crippen LogP contribution < -0.4 is 0 Å². The second kappa shape index (κ2) is 6.84. The monoisotopic (exact) mass is 426 g/mol. The smallest absolute Gasteiger partial charge is 0.147 e. The highest BCUT2D eigenvalue weighted by molar-refractivity contribution is 9.09. The molecular weight excluding hydrogens is 392 g/mol. The maximum atomic E-state index is 12.6. The number of aliphatic hydroxyl groups is 1. The molecule has 0 saturated heterocycles. The van der Waals surface area contributed by atoms with Crippen LogP contribution in [0.15, 0.2) is 0 Å². The van der Waals surface area contributed by atoms with E-state index in [9.17, 15) is 9.90 Å². The van der Waals surface area contributed by atoms with Crippen LogP contribution in [0.3, 0.4) is 0 Å². The van der Waals surface area contributed by atoms with E-state index in [1.54, 1.807) is 7.11 Å². The summed E-state index contributed by atoms with van der Waals surface area (Å²) in [5.74, 6) is 3.53. The first-order valence-corrected chi connectivity index (χ1v) is 11.8. The van der Waals surface area contributed by atoms with E-state index < -0.39 is 0 Å². The first-order valence-electron chi connectivity index (χ1n) is 10.6. The third kappa shape index (κ3) is 2.69. The fraction of sp³-hybridized carbons (Fsp3) is 0.955. The Balaban J connectivity index is 1.60. The molecule has 0 radical (unpaired) electrons. The summed E-state index contributed by atoms with van der Waals surface area (Å²) in [7, 11) is 1.75. The summed E-state index contributed by atoms with van der Waals surface area (Å²) in [6.45, 7) is 4.91. The highest BCUT2D eigenvalue weighted by Crippen LogP contribution is 2.67. The predicted octanol–water partition coefficient (Wildman–Crippen LogP) is 4.60. The zero-order chi connectivity index (χ0) is 18.7. The van der Waals surface area contributed by atoms with Gasteiger partial charge in [0.15, 0.2) is 0 Å². The summed E-state index contributed by atoms with van der Waals surface area (Å²) < 4.78 is 5.67. The molecule has 4 saturated carbocycles. The number of ether oxygens (including phenoxy) is 1. The van der Waals surface area contributed by atoms with Crippen molar-refractivity contribution < 1.29 is 14.6 Å². The molecule has 4 aliphatic rings. The first kappa shape index (κ1) is 19.4. The zero-order valence-electron chi connectivity index (χ0n) is 16.5.